The van der Waals surface area contributed by atoms with E-state index < -0.39 is 11.7 Å². The molecule has 1 unspecified atom stereocenters. The molecule has 0 fully saturated rings. The van der Waals surface area contributed by atoms with Crippen molar-refractivity contribution in [3.63, 3.8) is 0 Å². The summed E-state index contributed by atoms with van der Waals surface area (Å²) in [6.45, 7) is 3.27. The van der Waals surface area contributed by atoms with Crippen molar-refractivity contribution in [2.24, 2.45) is 5.92 Å². The molecule has 0 spiro atoms. The van der Waals surface area contributed by atoms with Gasteiger partial charge in [-0.2, -0.15) is 5.10 Å². The van der Waals surface area contributed by atoms with Crippen LogP contribution < -0.4 is 10.6 Å². The third-order valence-corrected chi connectivity index (χ3v) is 4.74. The number of halogens is 1. The Labute approximate surface area is 165 Å². The van der Waals surface area contributed by atoms with Gasteiger partial charge in [0, 0.05) is 30.9 Å². The molecule has 2 N–H and O–H groups in total. The van der Waals surface area contributed by atoms with Crippen LogP contribution in [0.2, 0.25) is 0 Å². The molecule has 0 aliphatic heterocycles. The molecule has 2 amide bonds. The number of aromatic nitrogens is 3. The molecular weight excluding hydrogens is 381 g/mol. The van der Waals surface area contributed by atoms with Crippen LogP contribution in [0, 0.1) is 11.7 Å². The third-order valence-electron chi connectivity index (χ3n) is 3.94. The van der Waals surface area contributed by atoms with E-state index >= 15 is 0 Å². The van der Waals surface area contributed by atoms with Crippen LogP contribution in [0.1, 0.15) is 23.0 Å². The molecule has 146 valence electrons. The number of hydrogen-bond donors (Lipinski definition) is 2. The van der Waals surface area contributed by atoms with E-state index in [1.165, 1.54) is 29.5 Å². The predicted molar refractivity (Wildman–Crippen MR) is 105 cm³/mol. The number of thiazole rings is 1. The quantitative estimate of drug-likeness (QED) is 0.607. The number of amides is 2. The SMILES string of the molecule is CC(CNC(=O)Cc1csc(NC(=O)c2ccccc2F)n1)Cn1cccn1. The van der Waals surface area contributed by atoms with E-state index in [2.05, 4.69) is 20.7 Å². The van der Waals surface area contributed by atoms with E-state index in [4.69, 9.17) is 0 Å². The lowest BCUT2D eigenvalue weighted by atomic mass is 10.2. The Kier molecular flexibility index (Phi) is 6.49. The molecule has 9 heteroatoms. The summed E-state index contributed by atoms with van der Waals surface area (Å²) < 4.78 is 15.5. The second kappa shape index (κ2) is 9.23. The molecule has 1 atom stereocenters. The van der Waals surface area contributed by atoms with Gasteiger partial charge in [-0.15, -0.1) is 11.3 Å². The second-order valence-corrected chi connectivity index (χ2v) is 7.25. The average Bonchev–Trinajstić information content (AvgIpc) is 3.32. The minimum atomic E-state index is -0.597. The molecule has 0 aliphatic rings. The fourth-order valence-electron chi connectivity index (χ4n) is 2.56. The summed E-state index contributed by atoms with van der Waals surface area (Å²) in [5, 5.41) is 11.6. The van der Waals surface area contributed by atoms with E-state index in [1.54, 1.807) is 17.6 Å². The number of rotatable bonds is 8. The standard InChI is InChI=1S/C19H20FN5O2S/c1-13(11-25-8-4-7-22-25)10-21-17(26)9-14-12-28-19(23-14)24-18(27)15-5-2-3-6-16(15)20/h2-8,12-13H,9-11H2,1H3,(H,21,26)(H,23,24,27). The Morgan fingerprint density at radius 2 is 2.11 bits per heavy atom. The van der Waals surface area contributed by atoms with Crippen LogP contribution in [0.5, 0.6) is 0 Å². The number of anilines is 1. The molecule has 1 aromatic carbocycles. The maximum absolute atomic E-state index is 13.7. The molecule has 3 aromatic rings. The lowest BCUT2D eigenvalue weighted by Gasteiger charge is -2.12. The van der Waals surface area contributed by atoms with Crippen molar-refractivity contribution in [1.29, 1.82) is 0 Å². The molecule has 2 aromatic heterocycles. The van der Waals surface area contributed by atoms with Crippen LogP contribution in [0.15, 0.2) is 48.1 Å². The fraction of sp³-hybridized carbons (Fsp3) is 0.263. The number of carbonyl (C=O) groups is 2. The topological polar surface area (TPSA) is 88.9 Å². The number of carbonyl (C=O) groups excluding carboxylic acids is 2. The van der Waals surface area contributed by atoms with Crippen molar-refractivity contribution >= 4 is 28.3 Å². The Morgan fingerprint density at radius 3 is 2.86 bits per heavy atom. The monoisotopic (exact) mass is 401 g/mol. The molecule has 0 saturated carbocycles. The van der Waals surface area contributed by atoms with E-state index in [0.717, 1.165) is 6.54 Å². The van der Waals surface area contributed by atoms with Crippen LogP contribution in [0.3, 0.4) is 0 Å². The molecular formula is C19H20FN5O2S. The van der Waals surface area contributed by atoms with Crippen molar-refractivity contribution in [1.82, 2.24) is 20.1 Å². The molecule has 0 bridgehead atoms. The van der Waals surface area contributed by atoms with Gasteiger partial charge in [0.15, 0.2) is 5.13 Å². The van der Waals surface area contributed by atoms with E-state index in [0.29, 0.717) is 17.4 Å². The molecule has 0 saturated heterocycles. The van der Waals surface area contributed by atoms with Gasteiger partial charge in [-0.25, -0.2) is 9.37 Å². The van der Waals surface area contributed by atoms with E-state index in [9.17, 15) is 14.0 Å². The van der Waals surface area contributed by atoms with Gasteiger partial charge in [-0.3, -0.25) is 19.6 Å². The van der Waals surface area contributed by atoms with Gasteiger partial charge in [-0.1, -0.05) is 19.1 Å². The van der Waals surface area contributed by atoms with Gasteiger partial charge >= 0.3 is 0 Å². The molecule has 7 nitrogen and oxygen atoms in total. The van der Waals surface area contributed by atoms with Gasteiger partial charge in [0.25, 0.3) is 5.91 Å². The van der Waals surface area contributed by atoms with Crippen molar-refractivity contribution in [2.45, 2.75) is 19.9 Å². The number of nitrogens with zero attached hydrogens (tertiary/aromatic N) is 3. The lowest BCUT2D eigenvalue weighted by molar-refractivity contribution is -0.120. The van der Waals surface area contributed by atoms with Gasteiger partial charge in [0.05, 0.1) is 17.7 Å². The number of hydrogen-bond acceptors (Lipinski definition) is 5. The second-order valence-electron chi connectivity index (χ2n) is 6.39. The summed E-state index contributed by atoms with van der Waals surface area (Å²) in [6, 6.07) is 7.58. The molecule has 28 heavy (non-hydrogen) atoms. The van der Waals surface area contributed by atoms with Gasteiger partial charge in [-0.05, 0) is 24.1 Å². The minimum absolute atomic E-state index is 0.0526. The predicted octanol–water partition coefficient (Wildman–Crippen LogP) is 2.73. The molecule has 3 rings (SSSR count). The van der Waals surface area contributed by atoms with Gasteiger partial charge < -0.3 is 5.32 Å². The zero-order valence-corrected chi connectivity index (χ0v) is 16.1. The Bertz CT molecular complexity index is 941. The first-order chi connectivity index (χ1) is 13.5. The zero-order valence-electron chi connectivity index (χ0n) is 15.3. The lowest BCUT2D eigenvalue weighted by Crippen LogP contribution is -2.31. The Hall–Kier alpha value is -3.07. The maximum atomic E-state index is 13.7. The molecule has 2 heterocycles. The van der Waals surface area contributed by atoms with Gasteiger partial charge in [0.2, 0.25) is 5.91 Å². The summed E-state index contributed by atoms with van der Waals surface area (Å²) in [7, 11) is 0. The first-order valence-electron chi connectivity index (χ1n) is 8.75. The first kappa shape index (κ1) is 19.7. The zero-order chi connectivity index (χ0) is 19.9. The Balaban J connectivity index is 1.46. The van der Waals surface area contributed by atoms with E-state index in [-0.39, 0.29) is 23.8 Å². The highest BCUT2D eigenvalue weighted by Crippen LogP contribution is 2.17. The van der Waals surface area contributed by atoms with Gasteiger partial charge in [0.1, 0.15) is 5.82 Å². The fourth-order valence-corrected chi connectivity index (χ4v) is 3.27. The highest BCUT2D eigenvalue weighted by molar-refractivity contribution is 7.14. The highest BCUT2D eigenvalue weighted by Gasteiger charge is 2.14. The minimum Gasteiger partial charge on any atom is -0.355 e. The maximum Gasteiger partial charge on any atom is 0.260 e. The van der Waals surface area contributed by atoms with Crippen molar-refractivity contribution < 1.29 is 14.0 Å². The van der Waals surface area contributed by atoms with Crippen LogP contribution >= 0.6 is 11.3 Å². The van der Waals surface area contributed by atoms with Crippen LogP contribution in [0.4, 0.5) is 9.52 Å². The summed E-state index contributed by atoms with van der Waals surface area (Å²) in [5.74, 6) is -1.09. The summed E-state index contributed by atoms with van der Waals surface area (Å²) in [6.07, 6.45) is 3.71. The first-order valence-corrected chi connectivity index (χ1v) is 9.63. The van der Waals surface area contributed by atoms with Crippen molar-refractivity contribution in [2.75, 3.05) is 11.9 Å². The van der Waals surface area contributed by atoms with E-state index in [1.807, 2.05) is 23.9 Å². The number of benzene rings is 1. The highest BCUT2D eigenvalue weighted by atomic mass is 32.1. The van der Waals surface area contributed by atoms with Crippen LogP contribution in [-0.2, 0) is 17.8 Å². The van der Waals surface area contributed by atoms with Crippen molar-refractivity contribution in [3.8, 4) is 0 Å². The largest absolute Gasteiger partial charge is 0.355 e. The molecule has 0 radical (unpaired) electrons. The summed E-state index contributed by atoms with van der Waals surface area (Å²) in [5.41, 5.74) is 0.495. The summed E-state index contributed by atoms with van der Waals surface area (Å²) >= 11 is 1.19. The van der Waals surface area contributed by atoms with Crippen molar-refractivity contribution in [3.05, 3.63) is 65.2 Å². The van der Waals surface area contributed by atoms with Crippen LogP contribution in [0.25, 0.3) is 0 Å². The normalized spacial score (nSPS) is 11.8. The number of nitrogens with one attached hydrogen (secondary N) is 2. The third kappa shape index (κ3) is 5.46. The average molecular weight is 401 g/mol. The Morgan fingerprint density at radius 1 is 1.29 bits per heavy atom. The summed E-state index contributed by atoms with van der Waals surface area (Å²) in [4.78, 5) is 28.4. The van der Waals surface area contributed by atoms with Crippen LogP contribution in [-0.4, -0.2) is 33.1 Å². The smallest absolute Gasteiger partial charge is 0.260 e. The molecule has 0 aliphatic carbocycles.